The Labute approximate surface area is 193 Å². The van der Waals surface area contributed by atoms with Gasteiger partial charge >= 0.3 is 0 Å². The number of benzene rings is 1. The van der Waals surface area contributed by atoms with Gasteiger partial charge in [0.25, 0.3) is 0 Å². The van der Waals surface area contributed by atoms with E-state index in [1.807, 2.05) is 24.3 Å². The van der Waals surface area contributed by atoms with Crippen LogP contribution in [0.4, 0.5) is 5.95 Å². The van der Waals surface area contributed by atoms with Crippen LogP contribution in [0.25, 0.3) is 22.2 Å². The summed E-state index contributed by atoms with van der Waals surface area (Å²) in [6, 6.07) is 12.3. The Morgan fingerprint density at radius 2 is 2.03 bits per heavy atom. The maximum atomic E-state index is 6.11. The van der Waals surface area contributed by atoms with Crippen molar-refractivity contribution < 1.29 is 9.47 Å². The third kappa shape index (κ3) is 4.40. The molecule has 8 nitrogen and oxygen atoms in total. The van der Waals surface area contributed by atoms with E-state index < -0.39 is 0 Å². The highest BCUT2D eigenvalue weighted by Gasteiger charge is 2.24. The number of rotatable bonds is 6. The van der Waals surface area contributed by atoms with Crippen molar-refractivity contribution in [2.24, 2.45) is 0 Å². The summed E-state index contributed by atoms with van der Waals surface area (Å²) >= 11 is 0. The zero-order valence-corrected chi connectivity index (χ0v) is 18.9. The molecule has 170 valence electrons. The summed E-state index contributed by atoms with van der Waals surface area (Å²) in [5.41, 5.74) is 10.7. The molecule has 5 rings (SSSR count). The van der Waals surface area contributed by atoms with Crippen LogP contribution in [0.2, 0.25) is 0 Å². The Hall–Kier alpha value is -3.49. The summed E-state index contributed by atoms with van der Waals surface area (Å²) in [5, 5.41) is 1.24. The second-order valence-corrected chi connectivity index (χ2v) is 8.20. The molecule has 33 heavy (non-hydrogen) atoms. The first-order valence-corrected chi connectivity index (χ1v) is 11.2. The van der Waals surface area contributed by atoms with Gasteiger partial charge in [0.05, 0.1) is 25.1 Å². The average Bonchev–Trinajstić information content (AvgIpc) is 3.21. The summed E-state index contributed by atoms with van der Waals surface area (Å²) in [5.74, 6) is 1.13. The number of hydrogen-bond acceptors (Lipinski definition) is 7. The average molecular weight is 445 g/mol. The van der Waals surface area contributed by atoms with Crippen LogP contribution in [0.1, 0.15) is 24.3 Å². The lowest BCUT2D eigenvalue weighted by Gasteiger charge is -2.32. The molecular weight excluding hydrogens is 416 g/mol. The van der Waals surface area contributed by atoms with E-state index in [4.69, 9.17) is 20.2 Å². The van der Waals surface area contributed by atoms with Crippen LogP contribution in [0.15, 0.2) is 55.0 Å². The Morgan fingerprint density at radius 1 is 1.18 bits per heavy atom. The van der Waals surface area contributed by atoms with Crippen molar-refractivity contribution in [1.29, 1.82) is 0 Å². The summed E-state index contributed by atoms with van der Waals surface area (Å²) in [4.78, 5) is 15.4. The van der Waals surface area contributed by atoms with Gasteiger partial charge in [0.2, 0.25) is 5.95 Å². The highest BCUT2D eigenvalue weighted by molar-refractivity contribution is 5.85. The van der Waals surface area contributed by atoms with Gasteiger partial charge in [-0.2, -0.15) is 0 Å². The number of morpholine rings is 1. The van der Waals surface area contributed by atoms with Crippen LogP contribution >= 0.6 is 0 Å². The molecule has 3 aromatic heterocycles. The Bertz CT molecular complexity index is 1250. The zero-order valence-electron chi connectivity index (χ0n) is 18.9. The molecule has 0 bridgehead atoms. The number of aromatic nitrogens is 4. The van der Waals surface area contributed by atoms with E-state index in [0.717, 1.165) is 48.9 Å². The van der Waals surface area contributed by atoms with Gasteiger partial charge in [-0.15, -0.1) is 0 Å². The lowest BCUT2D eigenvalue weighted by atomic mass is 10.1. The van der Waals surface area contributed by atoms with Crippen molar-refractivity contribution in [3.05, 3.63) is 66.2 Å². The van der Waals surface area contributed by atoms with E-state index in [1.54, 1.807) is 19.5 Å². The molecule has 8 heteroatoms. The second-order valence-electron chi connectivity index (χ2n) is 8.20. The molecule has 1 aliphatic heterocycles. The van der Waals surface area contributed by atoms with Crippen molar-refractivity contribution in [3.63, 3.8) is 0 Å². The number of methoxy groups -OCH3 is 1. The van der Waals surface area contributed by atoms with Gasteiger partial charge in [-0.05, 0) is 42.8 Å². The second kappa shape index (κ2) is 9.17. The summed E-state index contributed by atoms with van der Waals surface area (Å²) in [7, 11) is 1.71. The minimum absolute atomic E-state index is 0.0949. The van der Waals surface area contributed by atoms with E-state index in [1.165, 1.54) is 16.5 Å². The van der Waals surface area contributed by atoms with E-state index in [0.29, 0.717) is 6.61 Å². The van der Waals surface area contributed by atoms with Gasteiger partial charge in [-0.3, -0.25) is 4.90 Å². The van der Waals surface area contributed by atoms with Gasteiger partial charge in [0.1, 0.15) is 11.9 Å². The van der Waals surface area contributed by atoms with E-state index in [2.05, 4.69) is 44.7 Å². The summed E-state index contributed by atoms with van der Waals surface area (Å²) in [6.45, 7) is 6.27. The van der Waals surface area contributed by atoms with Gasteiger partial charge in [-0.1, -0.05) is 6.07 Å². The Kier molecular flexibility index (Phi) is 5.93. The lowest BCUT2D eigenvalue weighted by molar-refractivity contribution is -0.0348. The van der Waals surface area contributed by atoms with Crippen LogP contribution in [-0.2, 0) is 17.8 Å². The van der Waals surface area contributed by atoms with Crippen LogP contribution < -0.4 is 10.5 Å². The van der Waals surface area contributed by atoms with Crippen molar-refractivity contribution in [3.8, 4) is 17.0 Å². The number of nitrogens with zero attached hydrogens (tertiary/aromatic N) is 5. The maximum absolute atomic E-state index is 6.11. The SMILES string of the molecule is CCn1cc(CN2CCOC(c3cccc(-c4cnc(N)nc4)n3)C2)c2cc(OC)ccc21. The molecule has 0 spiro atoms. The van der Waals surface area contributed by atoms with E-state index in [9.17, 15) is 0 Å². The molecular formula is C25H28N6O2. The molecule has 1 unspecified atom stereocenters. The minimum atomic E-state index is -0.0949. The smallest absolute Gasteiger partial charge is 0.219 e. The number of ether oxygens (including phenoxy) is 2. The van der Waals surface area contributed by atoms with Crippen molar-refractivity contribution in [2.45, 2.75) is 26.1 Å². The molecule has 1 aliphatic rings. The van der Waals surface area contributed by atoms with Crippen molar-refractivity contribution in [1.82, 2.24) is 24.4 Å². The topological polar surface area (TPSA) is 91.3 Å². The quantitative estimate of drug-likeness (QED) is 0.485. The molecule has 0 saturated carbocycles. The Balaban J connectivity index is 1.37. The molecule has 1 fully saturated rings. The van der Waals surface area contributed by atoms with Gasteiger partial charge in [0, 0.05) is 61.2 Å². The molecule has 4 heterocycles. The standard InChI is InChI=1S/C25H28N6O2/c1-3-31-15-18(20-11-19(32-2)7-8-23(20)31)14-30-9-10-33-24(16-30)22-6-4-5-21(29-22)17-12-27-25(26)28-13-17/h4-8,11-13,15,24H,3,9-10,14,16H2,1-2H3,(H2,26,27,28). The molecule has 4 aromatic rings. The number of aryl methyl sites for hydroxylation is 1. The molecule has 0 aliphatic carbocycles. The first-order valence-electron chi connectivity index (χ1n) is 11.2. The molecule has 2 N–H and O–H groups in total. The first kappa shape index (κ1) is 21.4. The summed E-state index contributed by atoms with van der Waals surface area (Å²) in [6.07, 6.45) is 5.55. The van der Waals surface area contributed by atoms with Crippen molar-refractivity contribution in [2.75, 3.05) is 32.5 Å². The van der Waals surface area contributed by atoms with Gasteiger partial charge in [0.15, 0.2) is 0 Å². The molecule has 1 saturated heterocycles. The third-order valence-corrected chi connectivity index (χ3v) is 6.12. The number of nitrogen functional groups attached to an aromatic ring is 1. The predicted octanol–water partition coefficient (Wildman–Crippen LogP) is 3.68. The number of pyridine rings is 1. The fourth-order valence-electron chi connectivity index (χ4n) is 4.39. The van der Waals surface area contributed by atoms with Crippen LogP contribution in [0.3, 0.4) is 0 Å². The highest BCUT2D eigenvalue weighted by Crippen LogP contribution is 2.29. The molecule has 0 amide bonds. The highest BCUT2D eigenvalue weighted by atomic mass is 16.5. The van der Waals surface area contributed by atoms with E-state index in [-0.39, 0.29) is 12.1 Å². The number of hydrogen-bond donors (Lipinski definition) is 1. The van der Waals surface area contributed by atoms with Gasteiger partial charge < -0.3 is 19.8 Å². The number of anilines is 1. The normalized spacial score (nSPS) is 16.8. The minimum Gasteiger partial charge on any atom is -0.497 e. The lowest BCUT2D eigenvalue weighted by Crippen LogP contribution is -2.38. The van der Waals surface area contributed by atoms with Gasteiger partial charge in [-0.25, -0.2) is 15.0 Å². The Morgan fingerprint density at radius 3 is 2.82 bits per heavy atom. The van der Waals surface area contributed by atoms with E-state index >= 15 is 0 Å². The number of nitrogens with two attached hydrogens (primary N) is 1. The first-order chi connectivity index (χ1) is 16.1. The van der Waals surface area contributed by atoms with Crippen molar-refractivity contribution >= 4 is 16.9 Å². The summed E-state index contributed by atoms with van der Waals surface area (Å²) < 4.78 is 13.9. The fourth-order valence-corrected chi connectivity index (χ4v) is 4.39. The van der Waals surface area contributed by atoms with Crippen LogP contribution in [0.5, 0.6) is 5.75 Å². The monoisotopic (exact) mass is 444 g/mol. The molecule has 1 aromatic carbocycles. The number of fused-ring (bicyclic) bond motifs is 1. The maximum Gasteiger partial charge on any atom is 0.219 e. The predicted molar refractivity (Wildman–Crippen MR) is 128 cm³/mol. The fraction of sp³-hybridized carbons (Fsp3) is 0.320. The molecule has 0 radical (unpaired) electrons. The largest absolute Gasteiger partial charge is 0.497 e. The van der Waals surface area contributed by atoms with Crippen LogP contribution in [-0.4, -0.2) is 51.2 Å². The molecule has 1 atom stereocenters. The zero-order chi connectivity index (χ0) is 22.8. The third-order valence-electron chi connectivity index (χ3n) is 6.12. The van der Waals surface area contributed by atoms with Crippen LogP contribution in [0, 0.1) is 0 Å².